The zero-order valence-electron chi connectivity index (χ0n) is 15.1. The molecule has 120 valence electrons. The van der Waals surface area contributed by atoms with Crippen LogP contribution in [-0.4, -0.2) is 21.3 Å². The van der Waals surface area contributed by atoms with Crippen LogP contribution < -0.4 is 0 Å². The van der Waals surface area contributed by atoms with E-state index in [9.17, 15) is 0 Å². The second-order valence-corrected chi connectivity index (χ2v) is 12.9. The summed E-state index contributed by atoms with van der Waals surface area (Å²) >= 11 is 0. The van der Waals surface area contributed by atoms with Crippen LogP contribution in [0.25, 0.3) is 0 Å². The van der Waals surface area contributed by atoms with Crippen molar-refractivity contribution in [1.29, 1.82) is 0 Å². The molecule has 2 unspecified atom stereocenters. The molecule has 0 heterocycles. The Morgan fingerprint density at radius 2 is 1.57 bits per heavy atom. The van der Waals surface area contributed by atoms with Gasteiger partial charge in [-0.05, 0) is 35.9 Å². The zero-order chi connectivity index (χ0) is 16.0. The first-order valence-corrected chi connectivity index (χ1v) is 10.8. The Bertz CT molecular complexity index is 376. The number of methoxy groups -OCH3 is 1. The van der Waals surface area contributed by atoms with Crippen LogP contribution in [0.15, 0.2) is 12.2 Å². The van der Waals surface area contributed by atoms with Crippen molar-refractivity contribution in [2.45, 2.75) is 83.5 Å². The van der Waals surface area contributed by atoms with Crippen LogP contribution in [0.5, 0.6) is 0 Å². The average molecular weight is 307 g/mol. The molecule has 0 aromatic rings. The Morgan fingerprint density at radius 1 is 1.00 bits per heavy atom. The minimum atomic E-state index is -1.63. The molecule has 0 bridgehead atoms. The highest BCUT2D eigenvalue weighted by molar-refractivity contribution is 6.90. The fourth-order valence-electron chi connectivity index (χ4n) is 4.09. The summed E-state index contributed by atoms with van der Waals surface area (Å²) in [6.45, 7) is 14.2. The van der Waals surface area contributed by atoms with Crippen molar-refractivity contribution in [2.75, 3.05) is 7.11 Å². The van der Waals surface area contributed by atoms with Crippen LogP contribution >= 0.6 is 0 Å². The number of allylic oxidation sites excluding steroid dienone is 2. The van der Waals surface area contributed by atoms with Gasteiger partial charge in [-0.15, -0.1) is 5.54 Å². The van der Waals surface area contributed by atoms with Crippen molar-refractivity contribution in [3.05, 3.63) is 12.2 Å². The molecule has 0 amide bonds. The zero-order valence-corrected chi connectivity index (χ0v) is 16.1. The van der Waals surface area contributed by atoms with E-state index in [-0.39, 0.29) is 6.10 Å². The van der Waals surface area contributed by atoms with Crippen molar-refractivity contribution in [2.24, 2.45) is 5.92 Å². The quantitative estimate of drug-likeness (QED) is 0.366. The first-order valence-electron chi connectivity index (χ1n) is 8.56. The molecule has 1 aliphatic carbocycles. The van der Waals surface area contributed by atoms with E-state index in [1.54, 1.807) is 0 Å². The molecule has 0 fully saturated rings. The maximum absolute atomic E-state index is 5.74. The molecule has 0 saturated carbocycles. The lowest BCUT2D eigenvalue weighted by molar-refractivity contribution is 0.0926. The third-order valence-electron chi connectivity index (χ3n) is 5.29. The second kappa shape index (κ2) is 8.20. The molecule has 0 saturated heterocycles. The molecule has 0 aromatic heterocycles. The molecule has 1 aliphatic rings. The summed E-state index contributed by atoms with van der Waals surface area (Å²) in [7, 11) is 0.191. The first kappa shape index (κ1) is 18.5. The molecule has 0 N–H and O–H groups in total. The number of hydrogen-bond donors (Lipinski definition) is 0. The molecule has 0 spiro atoms. The van der Waals surface area contributed by atoms with E-state index in [1.807, 2.05) is 7.11 Å². The molecule has 2 atom stereocenters. The lowest BCUT2D eigenvalue weighted by Gasteiger charge is -2.38. The Kier molecular flexibility index (Phi) is 7.23. The van der Waals surface area contributed by atoms with E-state index in [4.69, 9.17) is 4.74 Å². The Morgan fingerprint density at radius 3 is 1.95 bits per heavy atom. The average Bonchev–Trinajstić information content (AvgIpc) is 2.43. The van der Waals surface area contributed by atoms with E-state index in [0.29, 0.717) is 22.5 Å². The van der Waals surface area contributed by atoms with E-state index in [0.717, 1.165) is 6.42 Å². The highest BCUT2D eigenvalue weighted by Gasteiger charge is 2.41. The third kappa shape index (κ3) is 4.24. The Hall–Kier alpha value is -0.523. The molecular formula is C19H34OSi. The molecule has 0 aliphatic heterocycles. The van der Waals surface area contributed by atoms with Crippen molar-refractivity contribution in [3.8, 4) is 11.5 Å². The molecular weight excluding hydrogens is 272 g/mol. The van der Waals surface area contributed by atoms with Gasteiger partial charge in [-0.1, -0.05) is 59.6 Å². The van der Waals surface area contributed by atoms with E-state index in [2.05, 4.69) is 65.2 Å². The largest absolute Gasteiger partial charge is 0.368 e. The maximum Gasteiger partial charge on any atom is 0.146 e. The van der Waals surface area contributed by atoms with E-state index in [1.165, 1.54) is 12.8 Å². The van der Waals surface area contributed by atoms with Crippen LogP contribution in [0.1, 0.15) is 60.8 Å². The molecule has 1 rings (SSSR count). The predicted octanol–water partition coefficient (Wildman–Crippen LogP) is 5.58. The summed E-state index contributed by atoms with van der Waals surface area (Å²) in [5, 5.41) is 0. The smallest absolute Gasteiger partial charge is 0.146 e. The lowest BCUT2D eigenvalue weighted by Crippen LogP contribution is -2.43. The number of ether oxygens (including phenoxy) is 1. The molecule has 0 radical (unpaired) electrons. The van der Waals surface area contributed by atoms with E-state index >= 15 is 0 Å². The van der Waals surface area contributed by atoms with Gasteiger partial charge in [-0.25, -0.2) is 0 Å². The fourth-order valence-corrected chi connectivity index (χ4v) is 9.35. The van der Waals surface area contributed by atoms with Gasteiger partial charge in [0.05, 0.1) is 0 Å². The highest BCUT2D eigenvalue weighted by atomic mass is 28.3. The summed E-state index contributed by atoms with van der Waals surface area (Å²) in [6, 6.07) is 0. The van der Waals surface area contributed by atoms with Crippen LogP contribution in [-0.2, 0) is 4.74 Å². The lowest BCUT2D eigenvalue weighted by atomic mass is 9.90. The minimum Gasteiger partial charge on any atom is -0.368 e. The highest BCUT2D eigenvalue weighted by Crippen LogP contribution is 2.40. The summed E-state index contributed by atoms with van der Waals surface area (Å²) < 4.78 is 5.74. The standard InChI is InChI=1S/C19H34OSi/c1-15(2)21(16(3)4,17(5)6)14-13-19(20-7)18-11-9-8-10-12-18/h8-9,15-19H,10-12H2,1-7H3. The maximum atomic E-state index is 5.74. The predicted molar refractivity (Wildman–Crippen MR) is 96.1 cm³/mol. The summed E-state index contributed by atoms with van der Waals surface area (Å²) in [6.07, 6.45) is 8.19. The molecule has 1 nitrogen and oxygen atoms in total. The Labute approximate surface area is 133 Å². The van der Waals surface area contributed by atoms with Crippen LogP contribution in [0.4, 0.5) is 0 Å². The molecule has 0 aromatic carbocycles. The van der Waals surface area contributed by atoms with Gasteiger partial charge in [0, 0.05) is 13.0 Å². The van der Waals surface area contributed by atoms with Crippen LogP contribution in [0.3, 0.4) is 0 Å². The van der Waals surface area contributed by atoms with Crippen molar-refractivity contribution in [3.63, 3.8) is 0 Å². The second-order valence-electron chi connectivity index (χ2n) is 7.37. The topological polar surface area (TPSA) is 9.23 Å². The van der Waals surface area contributed by atoms with Gasteiger partial charge in [0.1, 0.15) is 14.2 Å². The SMILES string of the molecule is COC(C#C[Si](C(C)C)(C(C)C)C(C)C)C1CC=CCC1. The monoisotopic (exact) mass is 306 g/mol. The van der Waals surface area contributed by atoms with Gasteiger partial charge in [-0.2, -0.15) is 0 Å². The van der Waals surface area contributed by atoms with Gasteiger partial charge >= 0.3 is 0 Å². The molecule has 21 heavy (non-hydrogen) atoms. The Balaban J connectivity index is 3.04. The van der Waals surface area contributed by atoms with Crippen LogP contribution in [0.2, 0.25) is 16.6 Å². The number of rotatable bonds is 5. The summed E-state index contributed by atoms with van der Waals surface area (Å²) in [5.41, 5.74) is 5.89. The van der Waals surface area contributed by atoms with Gasteiger partial charge in [-0.3, -0.25) is 0 Å². The summed E-state index contributed by atoms with van der Waals surface area (Å²) in [4.78, 5) is 0. The van der Waals surface area contributed by atoms with Gasteiger partial charge in [0.15, 0.2) is 0 Å². The van der Waals surface area contributed by atoms with E-state index < -0.39 is 8.07 Å². The van der Waals surface area contributed by atoms with Crippen molar-refractivity contribution in [1.82, 2.24) is 0 Å². The third-order valence-corrected chi connectivity index (χ3v) is 11.6. The normalized spacial score (nSPS) is 20.8. The van der Waals surface area contributed by atoms with Gasteiger partial charge in [0.25, 0.3) is 0 Å². The molecule has 2 heteroatoms. The van der Waals surface area contributed by atoms with Gasteiger partial charge < -0.3 is 4.74 Å². The van der Waals surface area contributed by atoms with Crippen molar-refractivity contribution < 1.29 is 4.74 Å². The van der Waals surface area contributed by atoms with Crippen molar-refractivity contribution >= 4 is 8.07 Å². The first-order chi connectivity index (χ1) is 9.86. The number of hydrogen-bond acceptors (Lipinski definition) is 1. The van der Waals surface area contributed by atoms with Gasteiger partial charge in [0.2, 0.25) is 0 Å². The minimum absolute atomic E-state index is 0.109. The van der Waals surface area contributed by atoms with Crippen LogP contribution in [0, 0.1) is 17.4 Å². The summed E-state index contributed by atoms with van der Waals surface area (Å²) in [5.74, 6) is 4.15. The fraction of sp³-hybridized carbons (Fsp3) is 0.789.